The van der Waals surface area contributed by atoms with Crippen LogP contribution in [0.1, 0.15) is 25.0 Å². The molecule has 0 atom stereocenters. The molecule has 3 nitrogen and oxygen atoms in total. The smallest absolute Gasteiger partial charge is 0.195 e. The number of para-hydroxylation sites is 2. The Kier molecular flexibility index (Phi) is 3.13. The third-order valence-electron chi connectivity index (χ3n) is 3.82. The fraction of sp³-hybridized carbons (Fsp3) is 0.158. The van der Waals surface area contributed by atoms with Gasteiger partial charge in [-0.05, 0) is 38.1 Å². The quantitative estimate of drug-likeness (QED) is 0.641. The lowest BCUT2D eigenvalue weighted by atomic mass is 9.99. The van der Waals surface area contributed by atoms with Gasteiger partial charge < -0.3 is 4.74 Å². The summed E-state index contributed by atoms with van der Waals surface area (Å²) in [6.45, 7) is 3.85. The Morgan fingerprint density at radius 3 is 2.74 bits per heavy atom. The number of rotatable bonds is 1. The first kappa shape index (κ1) is 14.2. The van der Waals surface area contributed by atoms with Crippen molar-refractivity contribution >= 4 is 28.2 Å². The van der Waals surface area contributed by atoms with Crippen LogP contribution in [-0.4, -0.2) is 16.4 Å². The van der Waals surface area contributed by atoms with Crippen molar-refractivity contribution in [2.75, 3.05) is 0 Å². The minimum absolute atomic E-state index is 0.594. The number of halogens is 1. The van der Waals surface area contributed by atoms with Crippen LogP contribution in [0, 0.1) is 0 Å². The molecule has 0 saturated carbocycles. The molecule has 1 aliphatic heterocycles. The summed E-state index contributed by atoms with van der Waals surface area (Å²) in [5, 5.41) is 1.68. The summed E-state index contributed by atoms with van der Waals surface area (Å²) in [5.74, 6) is 0.678. The first-order chi connectivity index (χ1) is 11.0. The normalized spacial score (nSPS) is 15.7. The molecule has 3 aromatic rings. The summed E-state index contributed by atoms with van der Waals surface area (Å²) in [5.41, 5.74) is 3.02. The lowest BCUT2D eigenvalue weighted by Crippen LogP contribution is -2.32. The Balaban J connectivity index is 1.95. The highest BCUT2D eigenvalue weighted by Gasteiger charge is 2.30. The average molecular weight is 323 g/mol. The Bertz CT molecular complexity index is 947. The molecule has 0 saturated heterocycles. The van der Waals surface area contributed by atoms with Gasteiger partial charge in [0, 0.05) is 22.7 Å². The predicted molar refractivity (Wildman–Crippen MR) is 93.5 cm³/mol. The number of hydrogen-bond acceptors (Lipinski definition) is 3. The van der Waals surface area contributed by atoms with E-state index in [1.807, 2.05) is 56.4 Å². The van der Waals surface area contributed by atoms with E-state index in [1.54, 1.807) is 0 Å². The van der Waals surface area contributed by atoms with Crippen molar-refractivity contribution in [3.05, 3.63) is 70.9 Å². The van der Waals surface area contributed by atoms with Gasteiger partial charge in [-0.25, -0.2) is 4.99 Å². The van der Waals surface area contributed by atoms with Crippen molar-refractivity contribution < 1.29 is 4.74 Å². The van der Waals surface area contributed by atoms with Crippen LogP contribution in [0.3, 0.4) is 0 Å². The summed E-state index contributed by atoms with van der Waals surface area (Å²) < 4.78 is 5.95. The maximum atomic E-state index is 6.32. The van der Waals surface area contributed by atoms with Crippen LogP contribution in [0.25, 0.3) is 10.9 Å². The van der Waals surface area contributed by atoms with E-state index in [1.165, 1.54) is 0 Å². The summed E-state index contributed by atoms with van der Waals surface area (Å²) >= 11 is 6.32. The van der Waals surface area contributed by atoms with Crippen LogP contribution in [0.15, 0.2) is 59.7 Å². The third-order valence-corrected chi connectivity index (χ3v) is 4.12. The highest BCUT2D eigenvalue weighted by molar-refractivity contribution is 6.33. The van der Waals surface area contributed by atoms with E-state index in [4.69, 9.17) is 21.3 Å². The third kappa shape index (κ3) is 2.47. The van der Waals surface area contributed by atoms with E-state index in [0.717, 1.165) is 27.7 Å². The highest BCUT2D eigenvalue weighted by Crippen LogP contribution is 2.37. The molecule has 0 amide bonds. The van der Waals surface area contributed by atoms with Gasteiger partial charge >= 0.3 is 0 Å². The Hall–Kier alpha value is -2.39. The van der Waals surface area contributed by atoms with Crippen molar-refractivity contribution in [3.63, 3.8) is 0 Å². The van der Waals surface area contributed by atoms with E-state index in [-0.39, 0.29) is 0 Å². The second-order valence-corrected chi connectivity index (χ2v) is 6.45. The van der Waals surface area contributed by atoms with E-state index in [0.29, 0.717) is 10.8 Å². The second-order valence-electron chi connectivity index (χ2n) is 6.04. The molecule has 4 rings (SSSR count). The van der Waals surface area contributed by atoms with Gasteiger partial charge in [0.1, 0.15) is 0 Å². The highest BCUT2D eigenvalue weighted by atomic mass is 35.5. The predicted octanol–water partition coefficient (Wildman–Crippen LogP) is 4.85. The molecule has 114 valence electrons. The fourth-order valence-electron chi connectivity index (χ4n) is 2.82. The topological polar surface area (TPSA) is 34.5 Å². The van der Waals surface area contributed by atoms with Gasteiger partial charge in [-0.2, -0.15) is 0 Å². The number of fused-ring (bicyclic) bond motifs is 2. The van der Waals surface area contributed by atoms with E-state index < -0.39 is 5.72 Å². The van der Waals surface area contributed by atoms with Crippen molar-refractivity contribution in [3.8, 4) is 5.75 Å². The van der Waals surface area contributed by atoms with Crippen molar-refractivity contribution in [1.29, 1.82) is 0 Å². The van der Waals surface area contributed by atoms with Crippen LogP contribution >= 0.6 is 11.6 Å². The SMILES string of the molecule is CC1(C)N=C(c2cnc3ccccc3c2)c2cccc(Cl)c2O1. The largest absolute Gasteiger partial charge is 0.465 e. The molecule has 2 aromatic carbocycles. The van der Waals surface area contributed by atoms with Gasteiger partial charge in [-0.1, -0.05) is 35.9 Å². The summed E-state index contributed by atoms with van der Waals surface area (Å²) in [4.78, 5) is 9.31. The molecule has 2 heterocycles. The zero-order valence-electron chi connectivity index (χ0n) is 12.9. The van der Waals surface area contributed by atoms with Gasteiger partial charge in [0.05, 0.1) is 16.3 Å². The monoisotopic (exact) mass is 322 g/mol. The Morgan fingerprint density at radius 1 is 1.04 bits per heavy atom. The number of pyridine rings is 1. The number of aliphatic imine (C=N–C) groups is 1. The number of ether oxygens (including phenoxy) is 1. The van der Waals surface area contributed by atoms with Gasteiger partial charge in [-0.15, -0.1) is 0 Å². The molecule has 0 N–H and O–H groups in total. The van der Waals surface area contributed by atoms with Crippen molar-refractivity contribution in [1.82, 2.24) is 4.98 Å². The van der Waals surface area contributed by atoms with Crippen LogP contribution in [0.5, 0.6) is 5.75 Å². The summed E-state index contributed by atoms with van der Waals surface area (Å²) in [6, 6.07) is 15.9. The van der Waals surface area contributed by atoms with Crippen LogP contribution < -0.4 is 4.74 Å². The van der Waals surface area contributed by atoms with E-state index in [9.17, 15) is 0 Å². The summed E-state index contributed by atoms with van der Waals surface area (Å²) in [7, 11) is 0. The molecule has 1 aliphatic rings. The van der Waals surface area contributed by atoms with E-state index in [2.05, 4.69) is 17.1 Å². The number of hydrogen-bond donors (Lipinski definition) is 0. The van der Waals surface area contributed by atoms with Crippen LogP contribution in [0.2, 0.25) is 5.02 Å². The fourth-order valence-corrected chi connectivity index (χ4v) is 3.03. The van der Waals surface area contributed by atoms with Gasteiger partial charge in [0.25, 0.3) is 0 Å². The molecular weight excluding hydrogens is 308 g/mol. The maximum absolute atomic E-state index is 6.32. The van der Waals surface area contributed by atoms with Crippen LogP contribution in [0.4, 0.5) is 0 Å². The molecule has 1 aromatic heterocycles. The average Bonchev–Trinajstić information content (AvgIpc) is 2.54. The Labute approximate surface area is 139 Å². The first-order valence-corrected chi connectivity index (χ1v) is 7.84. The zero-order valence-corrected chi connectivity index (χ0v) is 13.6. The minimum atomic E-state index is -0.668. The zero-order chi connectivity index (χ0) is 16.0. The molecule has 0 spiro atoms. The molecule has 0 aliphatic carbocycles. The van der Waals surface area contributed by atoms with Crippen LogP contribution in [-0.2, 0) is 0 Å². The molecule has 0 fully saturated rings. The molecule has 23 heavy (non-hydrogen) atoms. The molecule has 0 radical (unpaired) electrons. The van der Waals surface area contributed by atoms with Crippen molar-refractivity contribution in [2.45, 2.75) is 19.6 Å². The Morgan fingerprint density at radius 2 is 1.87 bits per heavy atom. The lowest BCUT2D eigenvalue weighted by Gasteiger charge is -2.30. The van der Waals surface area contributed by atoms with Gasteiger partial charge in [0.2, 0.25) is 0 Å². The minimum Gasteiger partial charge on any atom is -0.465 e. The number of nitrogens with zero attached hydrogens (tertiary/aromatic N) is 2. The van der Waals surface area contributed by atoms with Gasteiger partial charge in [-0.3, -0.25) is 4.98 Å². The lowest BCUT2D eigenvalue weighted by molar-refractivity contribution is 0.115. The molecule has 4 heteroatoms. The first-order valence-electron chi connectivity index (χ1n) is 7.46. The standard InChI is InChI=1S/C19H15ClN2O/c1-19(2)22-17(14-7-5-8-15(20)18(14)23-19)13-10-12-6-3-4-9-16(12)21-11-13/h3-11H,1-2H3. The van der Waals surface area contributed by atoms with Crippen molar-refractivity contribution in [2.24, 2.45) is 4.99 Å². The second kappa shape index (κ2) is 5.07. The van der Waals surface area contributed by atoms with Gasteiger partial charge in [0.15, 0.2) is 11.5 Å². The maximum Gasteiger partial charge on any atom is 0.195 e. The number of aromatic nitrogens is 1. The molecule has 0 unspecified atom stereocenters. The molecular formula is C19H15ClN2O. The number of benzene rings is 2. The van der Waals surface area contributed by atoms with E-state index >= 15 is 0 Å². The molecule has 0 bridgehead atoms. The summed E-state index contributed by atoms with van der Waals surface area (Å²) in [6.07, 6.45) is 1.85.